The molecule has 84 valence electrons. The molecule has 0 unspecified atom stereocenters. The monoisotopic (exact) mass is 208 g/mol. The first-order valence-electron chi connectivity index (χ1n) is 5.51. The smallest absolute Gasteiger partial charge is 0.0521 e. The van der Waals surface area contributed by atoms with Crippen LogP contribution < -0.4 is 5.32 Å². The van der Waals surface area contributed by atoms with Crippen molar-refractivity contribution in [2.24, 2.45) is 7.05 Å². The van der Waals surface area contributed by atoms with Gasteiger partial charge in [-0.3, -0.25) is 9.58 Å². The summed E-state index contributed by atoms with van der Waals surface area (Å²) in [5.74, 6) is 0. The molecule has 1 fully saturated rings. The molecule has 0 aliphatic carbocycles. The summed E-state index contributed by atoms with van der Waals surface area (Å²) in [6.07, 6.45) is 1.86. The molecule has 0 amide bonds. The van der Waals surface area contributed by atoms with Crippen LogP contribution in [0, 0.1) is 0 Å². The predicted molar refractivity (Wildman–Crippen MR) is 60.6 cm³/mol. The van der Waals surface area contributed by atoms with Gasteiger partial charge in [0.1, 0.15) is 0 Å². The van der Waals surface area contributed by atoms with Crippen molar-refractivity contribution in [2.45, 2.75) is 25.9 Å². The Hall–Kier alpha value is -0.870. The van der Waals surface area contributed by atoms with Gasteiger partial charge in [-0.15, -0.1) is 0 Å². The van der Waals surface area contributed by atoms with Gasteiger partial charge in [0, 0.05) is 45.0 Å². The van der Waals surface area contributed by atoms with Crippen LogP contribution in [0.5, 0.6) is 0 Å². The first kappa shape index (κ1) is 10.6. The molecule has 1 aromatic rings. The maximum Gasteiger partial charge on any atom is 0.0521 e. The van der Waals surface area contributed by atoms with Gasteiger partial charge in [0.25, 0.3) is 0 Å². The van der Waals surface area contributed by atoms with Gasteiger partial charge in [0.15, 0.2) is 0 Å². The number of aryl methyl sites for hydroxylation is 1. The molecule has 1 aromatic heterocycles. The van der Waals surface area contributed by atoms with E-state index in [2.05, 4.69) is 35.2 Å². The van der Waals surface area contributed by atoms with Gasteiger partial charge >= 0.3 is 0 Å². The molecule has 4 nitrogen and oxygen atoms in total. The summed E-state index contributed by atoms with van der Waals surface area (Å²) < 4.78 is 1.95. The van der Waals surface area contributed by atoms with Crippen molar-refractivity contribution in [3.63, 3.8) is 0 Å². The van der Waals surface area contributed by atoms with Crippen LogP contribution in [-0.2, 0) is 13.6 Å². The fourth-order valence-electron chi connectivity index (χ4n) is 2.17. The summed E-state index contributed by atoms with van der Waals surface area (Å²) in [5.41, 5.74) is 1.52. The minimum Gasteiger partial charge on any atom is -0.309 e. The Kier molecular flexibility index (Phi) is 2.80. The van der Waals surface area contributed by atoms with Crippen LogP contribution >= 0.6 is 0 Å². The van der Waals surface area contributed by atoms with Gasteiger partial charge in [0.05, 0.1) is 5.69 Å². The number of aromatic nitrogens is 2. The zero-order chi connectivity index (χ0) is 10.9. The number of hydrogen-bond donors (Lipinski definition) is 1. The van der Waals surface area contributed by atoms with Crippen molar-refractivity contribution in [3.05, 3.63) is 18.0 Å². The Balaban J connectivity index is 1.98. The second-order valence-electron chi connectivity index (χ2n) is 4.97. The lowest BCUT2D eigenvalue weighted by molar-refractivity contribution is 0.145. The van der Waals surface area contributed by atoms with E-state index in [-0.39, 0.29) is 5.54 Å². The third-order valence-electron chi connectivity index (χ3n) is 2.96. The SMILES string of the molecule is Cn1nccc1CN1CCNC(C)(C)C1. The Labute approximate surface area is 91.3 Å². The number of hydrogen-bond acceptors (Lipinski definition) is 3. The Bertz CT molecular complexity index is 329. The molecule has 0 atom stereocenters. The molecule has 0 bridgehead atoms. The van der Waals surface area contributed by atoms with Crippen LogP contribution in [0.25, 0.3) is 0 Å². The largest absolute Gasteiger partial charge is 0.309 e. The minimum atomic E-state index is 0.233. The van der Waals surface area contributed by atoms with Crippen LogP contribution in [0.2, 0.25) is 0 Å². The molecule has 2 heterocycles. The van der Waals surface area contributed by atoms with Crippen LogP contribution in [0.1, 0.15) is 19.5 Å². The minimum absolute atomic E-state index is 0.233. The first-order chi connectivity index (χ1) is 7.07. The molecule has 1 saturated heterocycles. The molecule has 0 spiro atoms. The number of nitrogens with one attached hydrogen (secondary N) is 1. The number of rotatable bonds is 2. The van der Waals surface area contributed by atoms with Crippen molar-refractivity contribution in [2.75, 3.05) is 19.6 Å². The summed E-state index contributed by atoms with van der Waals surface area (Å²) >= 11 is 0. The number of nitrogens with zero attached hydrogens (tertiary/aromatic N) is 3. The summed E-state index contributed by atoms with van der Waals surface area (Å²) in [6.45, 7) is 8.80. The average Bonchev–Trinajstić information content (AvgIpc) is 2.50. The lowest BCUT2D eigenvalue weighted by Crippen LogP contribution is -2.56. The van der Waals surface area contributed by atoms with E-state index in [9.17, 15) is 0 Å². The van der Waals surface area contributed by atoms with Crippen molar-refractivity contribution in [1.29, 1.82) is 0 Å². The molecule has 1 aliphatic rings. The average molecular weight is 208 g/mol. The van der Waals surface area contributed by atoms with Gasteiger partial charge in [-0.1, -0.05) is 0 Å². The van der Waals surface area contributed by atoms with Gasteiger partial charge in [-0.05, 0) is 19.9 Å². The van der Waals surface area contributed by atoms with E-state index in [4.69, 9.17) is 0 Å². The van der Waals surface area contributed by atoms with Gasteiger partial charge in [0.2, 0.25) is 0 Å². The topological polar surface area (TPSA) is 33.1 Å². The summed E-state index contributed by atoms with van der Waals surface area (Å²) in [4.78, 5) is 2.48. The molecule has 2 rings (SSSR count). The van der Waals surface area contributed by atoms with Crippen LogP contribution in [-0.4, -0.2) is 39.9 Å². The second kappa shape index (κ2) is 3.94. The molecule has 0 radical (unpaired) electrons. The quantitative estimate of drug-likeness (QED) is 0.773. The van der Waals surface area contributed by atoms with Crippen LogP contribution in [0.3, 0.4) is 0 Å². The molecule has 1 N–H and O–H groups in total. The van der Waals surface area contributed by atoms with Crippen LogP contribution in [0.4, 0.5) is 0 Å². The Morgan fingerprint density at radius 3 is 2.93 bits per heavy atom. The summed E-state index contributed by atoms with van der Waals surface area (Å²) in [7, 11) is 2.00. The highest BCUT2D eigenvalue weighted by Crippen LogP contribution is 2.12. The van der Waals surface area contributed by atoms with Gasteiger partial charge in [-0.25, -0.2) is 0 Å². The maximum atomic E-state index is 4.19. The van der Waals surface area contributed by atoms with E-state index in [1.807, 2.05) is 17.9 Å². The van der Waals surface area contributed by atoms with E-state index in [0.29, 0.717) is 0 Å². The van der Waals surface area contributed by atoms with Gasteiger partial charge < -0.3 is 5.32 Å². The molecule has 15 heavy (non-hydrogen) atoms. The van der Waals surface area contributed by atoms with Crippen molar-refractivity contribution >= 4 is 0 Å². The van der Waals surface area contributed by atoms with Crippen LogP contribution in [0.15, 0.2) is 12.3 Å². The highest BCUT2D eigenvalue weighted by molar-refractivity contribution is 5.01. The standard InChI is InChI=1S/C11H20N4/c1-11(2)9-15(7-6-12-11)8-10-4-5-13-14(10)3/h4-5,12H,6-9H2,1-3H3. The van der Waals surface area contributed by atoms with E-state index in [1.54, 1.807) is 0 Å². The van der Waals surface area contributed by atoms with E-state index >= 15 is 0 Å². The molecule has 0 aromatic carbocycles. The normalized spacial score (nSPS) is 21.8. The third kappa shape index (κ3) is 2.58. The Morgan fingerprint density at radius 2 is 2.33 bits per heavy atom. The fraction of sp³-hybridized carbons (Fsp3) is 0.727. The van der Waals surface area contributed by atoms with Gasteiger partial charge in [-0.2, -0.15) is 5.10 Å². The predicted octanol–water partition coefficient (Wildman–Crippen LogP) is 0.604. The highest BCUT2D eigenvalue weighted by atomic mass is 15.3. The fourth-order valence-corrected chi connectivity index (χ4v) is 2.17. The lowest BCUT2D eigenvalue weighted by atomic mass is 10.0. The van der Waals surface area contributed by atoms with E-state index in [0.717, 1.165) is 26.2 Å². The highest BCUT2D eigenvalue weighted by Gasteiger charge is 2.25. The van der Waals surface area contributed by atoms with Crippen molar-refractivity contribution < 1.29 is 0 Å². The molecule has 4 heteroatoms. The third-order valence-corrected chi connectivity index (χ3v) is 2.96. The zero-order valence-corrected chi connectivity index (χ0v) is 9.82. The van der Waals surface area contributed by atoms with E-state index < -0.39 is 0 Å². The van der Waals surface area contributed by atoms with E-state index in [1.165, 1.54) is 5.69 Å². The molecular formula is C11H20N4. The Morgan fingerprint density at radius 1 is 1.53 bits per heavy atom. The first-order valence-corrected chi connectivity index (χ1v) is 5.51. The van der Waals surface area contributed by atoms with Crippen molar-refractivity contribution in [1.82, 2.24) is 20.0 Å². The maximum absolute atomic E-state index is 4.19. The molecule has 0 saturated carbocycles. The summed E-state index contributed by atoms with van der Waals surface area (Å²) in [6, 6.07) is 2.09. The molecule has 1 aliphatic heterocycles. The molecular weight excluding hydrogens is 188 g/mol. The zero-order valence-electron chi connectivity index (χ0n) is 9.82. The second-order valence-corrected chi connectivity index (χ2v) is 4.97. The number of piperazine rings is 1. The summed E-state index contributed by atoms with van der Waals surface area (Å²) in [5, 5.41) is 7.71. The van der Waals surface area contributed by atoms with Crippen molar-refractivity contribution in [3.8, 4) is 0 Å². The lowest BCUT2D eigenvalue weighted by Gasteiger charge is -2.39.